The van der Waals surface area contributed by atoms with Crippen LogP contribution in [-0.2, 0) is 0 Å². The normalized spacial score (nSPS) is 16.9. The summed E-state index contributed by atoms with van der Waals surface area (Å²) < 4.78 is 15.7. The molecule has 1 aliphatic rings. The van der Waals surface area contributed by atoms with Gasteiger partial charge < -0.3 is 20.6 Å². The van der Waals surface area contributed by atoms with E-state index in [1.807, 2.05) is 11.8 Å². The van der Waals surface area contributed by atoms with Crippen LogP contribution in [0.15, 0.2) is 42.5 Å². The molecule has 28 heavy (non-hydrogen) atoms. The third kappa shape index (κ3) is 2.77. The number of piperazine rings is 1. The molecule has 1 N–H and O–H groups in total. The first-order chi connectivity index (χ1) is 13.5. The second-order valence-electron chi connectivity index (χ2n) is 6.80. The number of nitriles is 1. The van der Waals surface area contributed by atoms with E-state index in [1.165, 1.54) is 6.07 Å². The minimum absolute atomic E-state index is 0.0231. The third-order valence-electron chi connectivity index (χ3n) is 5.08. The molecule has 0 saturated carbocycles. The lowest BCUT2D eigenvalue weighted by atomic mass is 10.1. The predicted molar refractivity (Wildman–Crippen MR) is 102 cm³/mol. The monoisotopic (exact) mass is 379 g/mol. The Morgan fingerprint density at radius 1 is 1.18 bits per heavy atom. The fourth-order valence-corrected chi connectivity index (χ4v) is 3.67. The molecule has 0 amide bonds. The molecule has 0 radical (unpaired) electrons. The number of benzene rings is 2. The molecule has 142 valence electrons. The lowest BCUT2D eigenvalue weighted by Crippen LogP contribution is -2.50. The molecule has 1 saturated heterocycles. The van der Waals surface area contributed by atoms with E-state index in [-0.39, 0.29) is 34.2 Å². The zero-order valence-electron chi connectivity index (χ0n) is 15.2. The van der Waals surface area contributed by atoms with Gasteiger partial charge in [-0.15, -0.1) is 4.73 Å². The molecule has 2 heterocycles. The second kappa shape index (κ2) is 6.94. The van der Waals surface area contributed by atoms with Gasteiger partial charge in [-0.05, 0) is 19.1 Å². The quantitative estimate of drug-likeness (QED) is 0.539. The Labute approximate surface area is 161 Å². The van der Waals surface area contributed by atoms with Crippen molar-refractivity contribution in [3.8, 4) is 17.3 Å². The number of nitrogens with zero attached hydrogens (tertiary/aromatic N) is 4. The van der Waals surface area contributed by atoms with Gasteiger partial charge in [0, 0.05) is 31.7 Å². The highest BCUT2D eigenvalue weighted by molar-refractivity contribution is 5.77. The summed E-state index contributed by atoms with van der Waals surface area (Å²) in [6.07, 6.45) is 0. The van der Waals surface area contributed by atoms with E-state index in [9.17, 15) is 20.1 Å². The van der Waals surface area contributed by atoms with Gasteiger partial charge in [0.05, 0.1) is 17.3 Å². The first-order valence-corrected chi connectivity index (χ1v) is 8.98. The van der Waals surface area contributed by atoms with Crippen LogP contribution >= 0.6 is 0 Å². The Hall–Kier alpha value is -3.44. The highest BCUT2D eigenvalue weighted by atomic mass is 19.1. The first-order valence-electron chi connectivity index (χ1n) is 8.98. The molecular weight excluding hydrogens is 361 g/mol. The van der Waals surface area contributed by atoms with Crippen LogP contribution in [0.25, 0.3) is 22.3 Å². The van der Waals surface area contributed by atoms with E-state index in [1.54, 1.807) is 36.4 Å². The molecule has 1 atom stereocenters. The molecule has 4 rings (SSSR count). The van der Waals surface area contributed by atoms with Gasteiger partial charge in [0.1, 0.15) is 0 Å². The smallest absolute Gasteiger partial charge is 0.369 e. The minimum atomic E-state index is -0.595. The summed E-state index contributed by atoms with van der Waals surface area (Å²) in [5.74, 6) is -0.595. The SMILES string of the molecule is CC1CNCCN1c1cc2c(cc1F)[n+]([O-])c(C#N)c(-c1ccccc1)[n+]2[O-]. The third-order valence-corrected chi connectivity index (χ3v) is 5.08. The van der Waals surface area contributed by atoms with Crippen LogP contribution in [-0.4, -0.2) is 25.7 Å². The van der Waals surface area contributed by atoms with Gasteiger partial charge in [-0.1, -0.05) is 18.2 Å². The first kappa shape index (κ1) is 17.9. The molecule has 7 nitrogen and oxygen atoms in total. The Kier molecular flexibility index (Phi) is 4.45. The average Bonchev–Trinajstić information content (AvgIpc) is 2.71. The summed E-state index contributed by atoms with van der Waals surface area (Å²) >= 11 is 0. The summed E-state index contributed by atoms with van der Waals surface area (Å²) in [5.41, 5.74) is 0.162. The molecule has 0 aliphatic carbocycles. The largest absolute Gasteiger partial charge is 0.617 e. The van der Waals surface area contributed by atoms with Gasteiger partial charge in [-0.25, -0.2) is 4.39 Å². The van der Waals surface area contributed by atoms with Crippen LogP contribution in [0.5, 0.6) is 0 Å². The fourth-order valence-electron chi connectivity index (χ4n) is 3.67. The number of rotatable bonds is 2. The molecule has 2 aromatic carbocycles. The summed E-state index contributed by atoms with van der Waals surface area (Å²) in [4.78, 5) is 1.88. The van der Waals surface area contributed by atoms with Gasteiger partial charge in [0.15, 0.2) is 11.9 Å². The standard InChI is InChI=1S/C20H18FN5O2/c1-13-12-23-7-8-24(13)16-10-18-17(9-15(16)21)25(27)19(11-22)20(26(18)28)14-5-3-2-4-6-14/h2-6,9-10,13,23H,7-8,12H2,1H3. The minimum Gasteiger partial charge on any atom is -0.617 e. The molecule has 1 unspecified atom stereocenters. The second-order valence-corrected chi connectivity index (χ2v) is 6.80. The van der Waals surface area contributed by atoms with E-state index >= 15 is 0 Å². The predicted octanol–water partition coefficient (Wildman–Crippen LogP) is 1.58. The highest BCUT2D eigenvalue weighted by Gasteiger charge is 2.32. The Bertz CT molecular complexity index is 1100. The van der Waals surface area contributed by atoms with Gasteiger partial charge in [-0.3, -0.25) is 0 Å². The van der Waals surface area contributed by atoms with Crippen LogP contribution in [0.3, 0.4) is 0 Å². The Morgan fingerprint density at radius 3 is 2.57 bits per heavy atom. The molecule has 1 fully saturated rings. The van der Waals surface area contributed by atoms with Crippen molar-refractivity contribution in [2.24, 2.45) is 0 Å². The molecule has 1 aromatic heterocycles. The number of hydrogen-bond acceptors (Lipinski definition) is 5. The van der Waals surface area contributed by atoms with E-state index in [2.05, 4.69) is 5.32 Å². The molecule has 0 spiro atoms. The van der Waals surface area contributed by atoms with Gasteiger partial charge in [-0.2, -0.15) is 9.99 Å². The highest BCUT2D eigenvalue weighted by Crippen LogP contribution is 2.27. The molecule has 1 aliphatic heterocycles. The maximum atomic E-state index is 14.8. The van der Waals surface area contributed by atoms with Crippen molar-refractivity contribution < 1.29 is 13.9 Å². The molecule has 8 heteroatoms. The van der Waals surface area contributed by atoms with Crippen molar-refractivity contribution in [2.45, 2.75) is 13.0 Å². The summed E-state index contributed by atoms with van der Waals surface area (Å²) in [6, 6.07) is 12.8. The Balaban J connectivity index is 2.01. The number of anilines is 1. The molecule has 3 aromatic rings. The maximum Gasteiger partial charge on any atom is 0.369 e. The number of nitrogens with one attached hydrogen (secondary N) is 1. The zero-order valence-corrected chi connectivity index (χ0v) is 15.2. The zero-order chi connectivity index (χ0) is 19.8. The topological polar surface area (TPSA) is 92.9 Å². The average molecular weight is 379 g/mol. The van der Waals surface area contributed by atoms with Crippen LogP contribution in [0, 0.1) is 27.6 Å². The summed E-state index contributed by atoms with van der Waals surface area (Å²) in [7, 11) is 0. The van der Waals surface area contributed by atoms with Crippen molar-refractivity contribution in [1.82, 2.24) is 5.32 Å². The number of halogens is 1. The van der Waals surface area contributed by atoms with Gasteiger partial charge >= 0.3 is 11.4 Å². The fraction of sp³-hybridized carbons (Fsp3) is 0.250. The van der Waals surface area contributed by atoms with Crippen molar-refractivity contribution in [3.63, 3.8) is 0 Å². The van der Waals surface area contributed by atoms with E-state index in [0.717, 1.165) is 6.07 Å². The summed E-state index contributed by atoms with van der Waals surface area (Å²) in [5, 5.41) is 38.6. The number of aromatic nitrogens is 2. The maximum absolute atomic E-state index is 14.8. The van der Waals surface area contributed by atoms with E-state index in [4.69, 9.17) is 0 Å². The van der Waals surface area contributed by atoms with E-state index < -0.39 is 5.82 Å². The van der Waals surface area contributed by atoms with Crippen molar-refractivity contribution >= 4 is 16.7 Å². The van der Waals surface area contributed by atoms with Crippen molar-refractivity contribution in [1.29, 1.82) is 5.26 Å². The Morgan fingerprint density at radius 2 is 1.89 bits per heavy atom. The molecular formula is C20H18FN5O2. The van der Waals surface area contributed by atoms with E-state index in [0.29, 0.717) is 34.7 Å². The van der Waals surface area contributed by atoms with Crippen molar-refractivity contribution in [3.05, 3.63) is 64.4 Å². The number of fused-ring (bicyclic) bond motifs is 1. The van der Waals surface area contributed by atoms with Gasteiger partial charge in [0.2, 0.25) is 0 Å². The van der Waals surface area contributed by atoms with Crippen molar-refractivity contribution in [2.75, 3.05) is 24.5 Å². The van der Waals surface area contributed by atoms with Crippen LogP contribution in [0.4, 0.5) is 10.1 Å². The van der Waals surface area contributed by atoms with Crippen LogP contribution < -0.4 is 19.7 Å². The lowest BCUT2D eigenvalue weighted by Gasteiger charge is -2.35. The van der Waals surface area contributed by atoms with Gasteiger partial charge in [0.25, 0.3) is 11.0 Å². The lowest BCUT2D eigenvalue weighted by molar-refractivity contribution is -0.622. The number of hydrogen-bond donors (Lipinski definition) is 1. The van der Waals surface area contributed by atoms with Crippen LogP contribution in [0.2, 0.25) is 0 Å². The summed E-state index contributed by atoms with van der Waals surface area (Å²) in [6.45, 7) is 3.94. The van der Waals surface area contributed by atoms with Crippen LogP contribution in [0.1, 0.15) is 12.6 Å². The molecule has 0 bridgehead atoms.